The standard InChI is InChI=1S/C28H33ClF5N5O2/c1-17-16-38(11-9-28(32,33)34)12-13-39(17)23-14-19(29)6-8-21(23)36-26(40)20-7-5-18(24(30)25(20)31)15-35-27(41)22-4-3-10-37(22)2/h5-8,14,17,22H,3-4,9-13,15-16H2,1-2H3,(H,35,41)(H,36,40)/t17-,22+/m0/s1. The molecule has 0 aromatic heterocycles. The summed E-state index contributed by atoms with van der Waals surface area (Å²) in [4.78, 5) is 31.0. The normalized spacial score (nSPS) is 20.3. The molecule has 2 heterocycles. The van der Waals surface area contributed by atoms with Crippen molar-refractivity contribution in [1.29, 1.82) is 0 Å². The molecule has 0 bridgehead atoms. The lowest BCUT2D eigenvalue weighted by molar-refractivity contribution is -0.138. The van der Waals surface area contributed by atoms with Crippen LogP contribution < -0.4 is 15.5 Å². The zero-order chi connectivity index (χ0) is 29.9. The molecule has 4 rings (SSSR count). The minimum absolute atomic E-state index is 0.0857. The van der Waals surface area contributed by atoms with Crippen LogP contribution in [0.25, 0.3) is 0 Å². The van der Waals surface area contributed by atoms with Crippen LogP contribution in [0.2, 0.25) is 5.02 Å². The highest BCUT2D eigenvalue weighted by Crippen LogP contribution is 2.33. The largest absolute Gasteiger partial charge is 0.390 e. The van der Waals surface area contributed by atoms with Crippen LogP contribution in [0.15, 0.2) is 30.3 Å². The fourth-order valence-electron chi connectivity index (χ4n) is 5.36. The lowest BCUT2D eigenvalue weighted by Gasteiger charge is -2.42. The summed E-state index contributed by atoms with van der Waals surface area (Å²) in [6.45, 7) is 3.42. The number of amides is 2. The topological polar surface area (TPSA) is 67.9 Å². The molecule has 0 aliphatic carbocycles. The van der Waals surface area contributed by atoms with Gasteiger partial charge >= 0.3 is 6.18 Å². The van der Waals surface area contributed by atoms with Gasteiger partial charge in [-0.05, 0) is 57.6 Å². The summed E-state index contributed by atoms with van der Waals surface area (Å²) < 4.78 is 67.9. The average molecular weight is 602 g/mol. The van der Waals surface area contributed by atoms with E-state index in [4.69, 9.17) is 11.6 Å². The maximum Gasteiger partial charge on any atom is 0.390 e. The third-order valence-electron chi connectivity index (χ3n) is 7.62. The zero-order valence-corrected chi connectivity index (χ0v) is 23.6. The van der Waals surface area contributed by atoms with Gasteiger partial charge in [0.2, 0.25) is 5.91 Å². The molecular formula is C28H33ClF5N5O2. The SMILES string of the molecule is C[C@H]1CN(CCC(F)(F)F)CCN1c1cc(Cl)ccc1NC(=O)c1ccc(CNC(=O)[C@H]2CCCN2C)c(F)c1F. The summed E-state index contributed by atoms with van der Waals surface area (Å²) in [5.41, 5.74) is 0.217. The number of hydrogen-bond donors (Lipinski definition) is 2. The number of hydrogen-bond acceptors (Lipinski definition) is 5. The van der Waals surface area contributed by atoms with Crippen molar-refractivity contribution in [2.24, 2.45) is 0 Å². The van der Waals surface area contributed by atoms with Gasteiger partial charge in [-0.15, -0.1) is 0 Å². The van der Waals surface area contributed by atoms with Crippen molar-refractivity contribution in [2.75, 3.05) is 50.0 Å². The van der Waals surface area contributed by atoms with Gasteiger partial charge in [-0.25, -0.2) is 8.78 Å². The third-order valence-corrected chi connectivity index (χ3v) is 7.86. The van der Waals surface area contributed by atoms with Crippen molar-refractivity contribution in [3.63, 3.8) is 0 Å². The molecule has 0 spiro atoms. The number of carbonyl (C=O) groups excluding carboxylic acids is 2. The Balaban J connectivity index is 1.44. The number of carbonyl (C=O) groups is 2. The van der Waals surface area contributed by atoms with Gasteiger partial charge in [0.25, 0.3) is 5.91 Å². The van der Waals surface area contributed by atoms with Crippen LogP contribution in [0.1, 0.15) is 42.1 Å². The van der Waals surface area contributed by atoms with Crippen LogP contribution >= 0.6 is 11.6 Å². The van der Waals surface area contributed by atoms with Crippen molar-refractivity contribution >= 4 is 34.8 Å². The molecule has 0 unspecified atom stereocenters. The van der Waals surface area contributed by atoms with E-state index in [0.717, 1.165) is 19.0 Å². The van der Waals surface area contributed by atoms with E-state index in [1.807, 2.05) is 23.8 Å². The summed E-state index contributed by atoms with van der Waals surface area (Å²) in [6.07, 6.45) is -3.56. The molecule has 2 fully saturated rings. The van der Waals surface area contributed by atoms with Crippen LogP contribution in [0.3, 0.4) is 0 Å². The van der Waals surface area contributed by atoms with Gasteiger partial charge < -0.3 is 15.5 Å². The van der Waals surface area contributed by atoms with Crippen molar-refractivity contribution in [1.82, 2.24) is 15.1 Å². The predicted octanol–water partition coefficient (Wildman–Crippen LogP) is 5.04. The van der Waals surface area contributed by atoms with E-state index in [-0.39, 0.29) is 36.6 Å². The number of benzene rings is 2. The first-order chi connectivity index (χ1) is 19.3. The summed E-state index contributed by atoms with van der Waals surface area (Å²) >= 11 is 6.21. The Hall–Kier alpha value is -2.96. The van der Waals surface area contributed by atoms with Gasteiger partial charge in [0, 0.05) is 49.4 Å². The average Bonchev–Trinajstić information content (AvgIpc) is 3.34. The Kier molecular flexibility index (Phi) is 9.76. The Morgan fingerprint density at radius 1 is 1.07 bits per heavy atom. The molecule has 2 amide bonds. The van der Waals surface area contributed by atoms with Crippen LogP contribution in [0.5, 0.6) is 0 Å². The van der Waals surface area contributed by atoms with Crippen molar-refractivity contribution in [2.45, 2.75) is 51.0 Å². The van der Waals surface area contributed by atoms with E-state index in [0.29, 0.717) is 42.5 Å². The lowest BCUT2D eigenvalue weighted by Crippen LogP contribution is -2.52. The highest BCUT2D eigenvalue weighted by Gasteiger charge is 2.32. The van der Waals surface area contributed by atoms with Crippen molar-refractivity contribution in [3.05, 3.63) is 58.1 Å². The summed E-state index contributed by atoms with van der Waals surface area (Å²) in [5.74, 6) is -3.71. The van der Waals surface area contributed by atoms with E-state index < -0.39 is 35.7 Å². The smallest absolute Gasteiger partial charge is 0.365 e. The van der Waals surface area contributed by atoms with Crippen molar-refractivity contribution in [3.8, 4) is 0 Å². The molecule has 2 aliphatic heterocycles. The quantitative estimate of drug-likeness (QED) is 0.415. The van der Waals surface area contributed by atoms with Gasteiger partial charge in [0.1, 0.15) is 0 Å². The van der Waals surface area contributed by atoms with Gasteiger partial charge in [-0.2, -0.15) is 13.2 Å². The zero-order valence-electron chi connectivity index (χ0n) is 22.8. The second kappa shape index (κ2) is 12.9. The number of anilines is 2. The first kappa shape index (κ1) is 31.0. The van der Waals surface area contributed by atoms with Crippen LogP contribution in [0, 0.1) is 11.6 Å². The molecule has 2 N–H and O–H groups in total. The van der Waals surface area contributed by atoms with E-state index in [1.165, 1.54) is 18.2 Å². The molecule has 2 aromatic rings. The number of rotatable bonds is 8. The van der Waals surface area contributed by atoms with Gasteiger partial charge in [-0.1, -0.05) is 17.7 Å². The van der Waals surface area contributed by atoms with Crippen LogP contribution in [-0.4, -0.2) is 79.6 Å². The molecule has 2 aromatic carbocycles. The fraction of sp³-hybridized carbons (Fsp3) is 0.500. The van der Waals surface area contributed by atoms with Gasteiger partial charge in [0.05, 0.1) is 29.4 Å². The van der Waals surface area contributed by atoms with Crippen molar-refractivity contribution < 1.29 is 31.5 Å². The van der Waals surface area contributed by atoms with E-state index in [9.17, 15) is 27.2 Å². The van der Waals surface area contributed by atoms with Gasteiger partial charge in [-0.3, -0.25) is 19.4 Å². The fourth-order valence-corrected chi connectivity index (χ4v) is 5.53. The number of halogens is 6. The molecule has 41 heavy (non-hydrogen) atoms. The number of piperazine rings is 1. The first-order valence-corrected chi connectivity index (χ1v) is 13.8. The van der Waals surface area contributed by atoms with E-state index in [1.54, 1.807) is 11.0 Å². The highest BCUT2D eigenvalue weighted by atomic mass is 35.5. The Morgan fingerprint density at radius 2 is 1.83 bits per heavy atom. The maximum atomic E-state index is 15.0. The number of likely N-dealkylation sites (tertiary alicyclic amines) is 1. The summed E-state index contributed by atoms with van der Waals surface area (Å²) in [5, 5.41) is 5.63. The molecule has 13 heteroatoms. The van der Waals surface area contributed by atoms with Crippen LogP contribution in [-0.2, 0) is 11.3 Å². The second-order valence-corrected chi connectivity index (χ2v) is 11.0. The molecule has 2 saturated heterocycles. The number of nitrogens with zero attached hydrogens (tertiary/aromatic N) is 3. The van der Waals surface area contributed by atoms with E-state index >= 15 is 4.39 Å². The monoisotopic (exact) mass is 601 g/mol. The Morgan fingerprint density at radius 3 is 2.49 bits per heavy atom. The number of alkyl halides is 3. The first-order valence-electron chi connectivity index (χ1n) is 13.5. The second-order valence-electron chi connectivity index (χ2n) is 10.6. The molecular weight excluding hydrogens is 569 g/mol. The third kappa shape index (κ3) is 7.66. The van der Waals surface area contributed by atoms with E-state index in [2.05, 4.69) is 10.6 Å². The number of nitrogens with one attached hydrogen (secondary N) is 2. The maximum absolute atomic E-state index is 15.0. The minimum Gasteiger partial charge on any atom is -0.365 e. The molecule has 224 valence electrons. The molecule has 7 nitrogen and oxygen atoms in total. The molecule has 2 aliphatic rings. The summed E-state index contributed by atoms with van der Waals surface area (Å²) in [6, 6.07) is 6.59. The number of likely N-dealkylation sites (N-methyl/N-ethyl adjacent to an activating group) is 1. The van der Waals surface area contributed by atoms with Crippen LogP contribution in [0.4, 0.5) is 33.3 Å². The summed E-state index contributed by atoms with van der Waals surface area (Å²) in [7, 11) is 1.83. The van der Waals surface area contributed by atoms with Gasteiger partial charge in [0.15, 0.2) is 11.6 Å². The predicted molar refractivity (Wildman–Crippen MR) is 147 cm³/mol. The minimum atomic E-state index is -4.24. The molecule has 0 radical (unpaired) electrons. The Bertz CT molecular complexity index is 1280. The highest BCUT2D eigenvalue weighted by molar-refractivity contribution is 6.31. The Labute approximate surface area is 240 Å². The lowest BCUT2D eigenvalue weighted by atomic mass is 10.1. The molecule has 2 atom stereocenters. The molecule has 0 saturated carbocycles.